The summed E-state index contributed by atoms with van der Waals surface area (Å²) >= 11 is 1.65. The predicted octanol–water partition coefficient (Wildman–Crippen LogP) is 1.98. The number of thiazole rings is 1. The van der Waals surface area contributed by atoms with E-state index in [2.05, 4.69) is 26.7 Å². The molecule has 0 aliphatic heterocycles. The first kappa shape index (κ1) is 10.4. The van der Waals surface area contributed by atoms with E-state index in [0.717, 1.165) is 23.3 Å². The predicted molar refractivity (Wildman–Crippen MR) is 69.5 cm³/mol. The van der Waals surface area contributed by atoms with Crippen molar-refractivity contribution in [1.82, 2.24) is 14.5 Å². The molecule has 2 heterocycles. The Kier molecular flexibility index (Phi) is 2.62. The summed E-state index contributed by atoms with van der Waals surface area (Å²) in [4.78, 5) is 8.45. The van der Waals surface area contributed by atoms with Crippen molar-refractivity contribution in [3.63, 3.8) is 0 Å². The maximum absolute atomic E-state index is 5.59. The minimum atomic E-state index is 0.633. The van der Waals surface area contributed by atoms with Gasteiger partial charge in [-0.2, -0.15) is 0 Å². The zero-order chi connectivity index (χ0) is 11.7. The van der Waals surface area contributed by atoms with Gasteiger partial charge in [0.1, 0.15) is 0 Å². The van der Waals surface area contributed by atoms with E-state index < -0.39 is 0 Å². The highest BCUT2D eigenvalue weighted by Gasteiger charge is 2.05. The van der Waals surface area contributed by atoms with Crippen molar-refractivity contribution in [1.29, 1.82) is 0 Å². The first-order valence-electron chi connectivity index (χ1n) is 5.43. The number of rotatable bonds is 3. The topological polar surface area (TPSA) is 56.7 Å². The van der Waals surface area contributed by atoms with Gasteiger partial charge in [-0.25, -0.2) is 9.97 Å². The van der Waals surface area contributed by atoms with Gasteiger partial charge in [0, 0.05) is 24.0 Å². The molecule has 0 spiro atoms. The first-order chi connectivity index (χ1) is 8.38. The molecule has 0 unspecified atom stereocenters. The molecule has 3 aromatic rings. The fourth-order valence-corrected chi connectivity index (χ4v) is 2.59. The van der Waals surface area contributed by atoms with Crippen molar-refractivity contribution in [2.75, 3.05) is 6.54 Å². The molecule has 0 bridgehead atoms. The van der Waals surface area contributed by atoms with Gasteiger partial charge in [0.15, 0.2) is 0 Å². The van der Waals surface area contributed by atoms with Gasteiger partial charge >= 0.3 is 0 Å². The number of benzene rings is 1. The van der Waals surface area contributed by atoms with Gasteiger partial charge in [-0.05, 0) is 24.7 Å². The van der Waals surface area contributed by atoms with E-state index >= 15 is 0 Å². The second kappa shape index (κ2) is 4.27. The SMILES string of the molecule is NCCc1cncn1-c1ccc2ncsc2c1. The lowest BCUT2D eigenvalue weighted by Gasteiger charge is -2.07. The fourth-order valence-electron chi connectivity index (χ4n) is 1.88. The molecule has 0 saturated heterocycles. The van der Waals surface area contributed by atoms with Crippen LogP contribution in [0, 0.1) is 0 Å². The van der Waals surface area contributed by atoms with Crippen molar-refractivity contribution >= 4 is 21.6 Å². The molecule has 0 aliphatic rings. The second-order valence-corrected chi connectivity index (χ2v) is 4.68. The van der Waals surface area contributed by atoms with Gasteiger partial charge < -0.3 is 10.3 Å². The molecule has 0 radical (unpaired) electrons. The fraction of sp³-hybridized carbons (Fsp3) is 0.167. The van der Waals surface area contributed by atoms with Gasteiger partial charge in [-0.1, -0.05) is 0 Å². The molecule has 0 fully saturated rings. The summed E-state index contributed by atoms with van der Waals surface area (Å²) in [6.45, 7) is 0.633. The summed E-state index contributed by atoms with van der Waals surface area (Å²) in [5, 5.41) is 0. The van der Waals surface area contributed by atoms with Crippen LogP contribution in [0.2, 0.25) is 0 Å². The number of imidazole rings is 1. The number of nitrogens with zero attached hydrogens (tertiary/aromatic N) is 3. The highest BCUT2D eigenvalue weighted by atomic mass is 32.1. The Morgan fingerprint density at radius 1 is 1.35 bits per heavy atom. The Morgan fingerprint density at radius 3 is 3.18 bits per heavy atom. The molecule has 2 N–H and O–H groups in total. The Bertz CT molecular complexity index is 641. The quantitative estimate of drug-likeness (QED) is 0.766. The van der Waals surface area contributed by atoms with Crippen LogP contribution >= 0.6 is 11.3 Å². The Morgan fingerprint density at radius 2 is 2.29 bits per heavy atom. The average molecular weight is 244 g/mol. The van der Waals surface area contributed by atoms with E-state index in [-0.39, 0.29) is 0 Å². The van der Waals surface area contributed by atoms with Crippen LogP contribution in [0.3, 0.4) is 0 Å². The van der Waals surface area contributed by atoms with Crippen molar-refractivity contribution in [3.8, 4) is 5.69 Å². The Balaban J connectivity index is 2.09. The summed E-state index contributed by atoms with van der Waals surface area (Å²) in [7, 11) is 0. The Labute approximate surface area is 103 Å². The maximum Gasteiger partial charge on any atom is 0.0994 e. The van der Waals surface area contributed by atoms with Crippen LogP contribution < -0.4 is 5.73 Å². The minimum Gasteiger partial charge on any atom is -0.330 e. The second-order valence-electron chi connectivity index (χ2n) is 3.80. The van der Waals surface area contributed by atoms with Crippen LogP contribution in [0.15, 0.2) is 36.2 Å². The molecule has 0 saturated carbocycles. The number of nitrogens with two attached hydrogens (primary N) is 1. The zero-order valence-corrected chi connectivity index (χ0v) is 10.0. The number of aromatic nitrogens is 3. The summed E-state index contributed by atoms with van der Waals surface area (Å²) in [6, 6.07) is 6.23. The van der Waals surface area contributed by atoms with Crippen LogP contribution in [-0.2, 0) is 6.42 Å². The molecular weight excluding hydrogens is 232 g/mol. The Hall–Kier alpha value is -1.72. The van der Waals surface area contributed by atoms with E-state index in [0.29, 0.717) is 6.54 Å². The van der Waals surface area contributed by atoms with Crippen molar-refractivity contribution in [3.05, 3.63) is 41.9 Å². The molecule has 5 heteroatoms. The normalized spacial score (nSPS) is 11.1. The first-order valence-corrected chi connectivity index (χ1v) is 6.31. The van der Waals surface area contributed by atoms with Crippen molar-refractivity contribution in [2.24, 2.45) is 5.73 Å². The maximum atomic E-state index is 5.59. The largest absolute Gasteiger partial charge is 0.330 e. The summed E-state index contributed by atoms with van der Waals surface area (Å²) in [5.41, 5.74) is 10.7. The van der Waals surface area contributed by atoms with E-state index in [1.807, 2.05) is 24.1 Å². The highest BCUT2D eigenvalue weighted by Crippen LogP contribution is 2.22. The molecule has 17 heavy (non-hydrogen) atoms. The van der Waals surface area contributed by atoms with E-state index in [9.17, 15) is 0 Å². The van der Waals surface area contributed by atoms with Gasteiger partial charge in [0.2, 0.25) is 0 Å². The number of hydrogen-bond acceptors (Lipinski definition) is 4. The van der Waals surface area contributed by atoms with Crippen LogP contribution in [-0.4, -0.2) is 21.1 Å². The molecule has 4 nitrogen and oxygen atoms in total. The van der Waals surface area contributed by atoms with Crippen LogP contribution in [0.5, 0.6) is 0 Å². The molecule has 0 aliphatic carbocycles. The third kappa shape index (κ3) is 1.83. The number of hydrogen-bond donors (Lipinski definition) is 1. The molecule has 1 aromatic carbocycles. The van der Waals surface area contributed by atoms with Gasteiger partial charge in [-0.3, -0.25) is 0 Å². The summed E-state index contributed by atoms with van der Waals surface area (Å²) < 4.78 is 3.27. The van der Waals surface area contributed by atoms with E-state index in [4.69, 9.17) is 5.73 Å². The molecule has 0 amide bonds. The smallest absolute Gasteiger partial charge is 0.0994 e. The van der Waals surface area contributed by atoms with Crippen LogP contribution in [0.25, 0.3) is 15.9 Å². The van der Waals surface area contributed by atoms with E-state index in [1.54, 1.807) is 11.3 Å². The lowest BCUT2D eigenvalue weighted by molar-refractivity contribution is 0.874. The molecule has 0 atom stereocenters. The standard InChI is InChI=1S/C12H12N4S/c13-4-3-10-6-14-7-16(10)9-1-2-11-12(5-9)17-8-15-11/h1-2,5-8H,3-4,13H2. The highest BCUT2D eigenvalue weighted by molar-refractivity contribution is 7.16. The van der Waals surface area contributed by atoms with Crippen LogP contribution in [0.4, 0.5) is 0 Å². The van der Waals surface area contributed by atoms with Crippen molar-refractivity contribution < 1.29 is 0 Å². The summed E-state index contributed by atoms with van der Waals surface area (Å²) in [5.74, 6) is 0. The van der Waals surface area contributed by atoms with Gasteiger partial charge in [0.05, 0.1) is 22.1 Å². The van der Waals surface area contributed by atoms with Crippen LogP contribution in [0.1, 0.15) is 5.69 Å². The number of fused-ring (bicyclic) bond motifs is 1. The lowest BCUT2D eigenvalue weighted by Crippen LogP contribution is -2.07. The van der Waals surface area contributed by atoms with Gasteiger partial charge in [0.25, 0.3) is 0 Å². The third-order valence-electron chi connectivity index (χ3n) is 2.71. The summed E-state index contributed by atoms with van der Waals surface area (Å²) in [6.07, 6.45) is 4.53. The molecule has 86 valence electrons. The third-order valence-corrected chi connectivity index (χ3v) is 3.50. The van der Waals surface area contributed by atoms with Crippen molar-refractivity contribution in [2.45, 2.75) is 6.42 Å². The average Bonchev–Trinajstić information content (AvgIpc) is 2.96. The monoisotopic (exact) mass is 244 g/mol. The molecule has 2 aromatic heterocycles. The molecular formula is C12H12N4S. The van der Waals surface area contributed by atoms with Gasteiger partial charge in [-0.15, -0.1) is 11.3 Å². The lowest BCUT2D eigenvalue weighted by atomic mass is 10.2. The molecule has 3 rings (SSSR count). The zero-order valence-electron chi connectivity index (χ0n) is 9.21. The minimum absolute atomic E-state index is 0.633. The van der Waals surface area contributed by atoms with E-state index in [1.165, 1.54) is 4.70 Å².